The van der Waals surface area contributed by atoms with Gasteiger partial charge in [0.05, 0.1) is 18.0 Å². The smallest absolute Gasteiger partial charge is 0.355 e. The molecule has 0 N–H and O–H groups in total. The number of rotatable bonds is 2. The van der Waals surface area contributed by atoms with Crippen molar-refractivity contribution in [2.24, 2.45) is 0 Å². The van der Waals surface area contributed by atoms with Crippen LogP contribution >= 0.6 is 23.2 Å². The molecule has 2 rings (SSSR count). The molecule has 0 atom stereocenters. The molecule has 17 heavy (non-hydrogen) atoms. The van der Waals surface area contributed by atoms with E-state index in [1.807, 2.05) is 0 Å². The Morgan fingerprint density at radius 2 is 1.65 bits per heavy atom. The summed E-state index contributed by atoms with van der Waals surface area (Å²) in [5, 5.41) is 0. The van der Waals surface area contributed by atoms with Crippen molar-refractivity contribution < 1.29 is 13.2 Å². The molecule has 1 aromatic carbocycles. The molecule has 0 aliphatic carbocycles. The second kappa shape index (κ2) is 3.85. The van der Waals surface area contributed by atoms with Crippen molar-refractivity contribution in [2.45, 2.75) is 10.6 Å². The number of hydrogen-bond acceptors (Lipinski definition) is 2. The third-order valence-electron chi connectivity index (χ3n) is 2.62. The van der Waals surface area contributed by atoms with Crippen molar-refractivity contribution in [3.63, 3.8) is 0 Å². The zero-order valence-corrected chi connectivity index (χ0v) is 10.3. The van der Waals surface area contributed by atoms with Gasteiger partial charge in [-0.2, -0.15) is 13.2 Å². The molecule has 1 aliphatic heterocycles. The lowest BCUT2D eigenvalue weighted by Gasteiger charge is -2.32. The van der Waals surface area contributed by atoms with E-state index in [0.29, 0.717) is 10.6 Å². The van der Waals surface area contributed by atoms with Gasteiger partial charge >= 0.3 is 10.6 Å². The summed E-state index contributed by atoms with van der Waals surface area (Å²) in [4.78, 5) is 2.10. The lowest BCUT2D eigenvalue weighted by molar-refractivity contribution is -0.0589. The van der Waals surface area contributed by atoms with Crippen LogP contribution in [0.5, 0.6) is 0 Å². The highest BCUT2D eigenvalue weighted by Gasteiger charge is 2.59. The van der Waals surface area contributed by atoms with Crippen LogP contribution in [-0.4, -0.2) is 24.3 Å². The van der Waals surface area contributed by atoms with Crippen LogP contribution in [0.1, 0.15) is 0 Å². The average Bonchev–Trinajstić information content (AvgIpc) is 2.56. The summed E-state index contributed by atoms with van der Waals surface area (Å²) >= 11 is 9.82. The van der Waals surface area contributed by atoms with E-state index in [2.05, 4.69) is 0 Å². The third kappa shape index (κ3) is 1.91. The van der Waals surface area contributed by atoms with Crippen LogP contribution in [0.2, 0.25) is 0 Å². The molecule has 1 aliphatic rings. The van der Waals surface area contributed by atoms with Gasteiger partial charge in [-0.15, -0.1) is 0 Å². The summed E-state index contributed by atoms with van der Waals surface area (Å²) < 4.78 is 37.0. The molecule has 0 saturated carbocycles. The molecule has 94 valence electrons. The normalized spacial score (nSPS) is 16.4. The molecular formula is C10H9Cl2F3N2. The lowest BCUT2D eigenvalue weighted by atomic mass is 10.2. The number of fused-ring (bicyclic) bond motifs is 1. The van der Waals surface area contributed by atoms with Crippen molar-refractivity contribution in [3.8, 4) is 0 Å². The Hall–Kier alpha value is -0.810. The Bertz CT molecular complexity index is 434. The first-order valence-corrected chi connectivity index (χ1v) is 5.53. The van der Waals surface area contributed by atoms with Crippen LogP contribution < -0.4 is 9.80 Å². The summed E-state index contributed by atoms with van der Waals surface area (Å²) in [6, 6.07) is 2.42. The fourth-order valence-corrected chi connectivity index (χ4v) is 1.98. The summed E-state index contributed by atoms with van der Waals surface area (Å²) in [6.45, 7) is -0.183. The fourth-order valence-electron chi connectivity index (χ4n) is 1.77. The molecule has 0 amide bonds. The first-order chi connectivity index (χ1) is 7.75. The molecule has 0 bridgehead atoms. The maximum atomic E-state index is 13.7. The highest BCUT2D eigenvalue weighted by molar-refractivity contribution is 6.48. The second-order valence-corrected chi connectivity index (χ2v) is 5.03. The number of hydrogen-bond donors (Lipinski definition) is 0. The molecule has 0 radical (unpaired) electrons. The van der Waals surface area contributed by atoms with Crippen molar-refractivity contribution in [1.29, 1.82) is 0 Å². The molecule has 0 aromatic heterocycles. The molecule has 0 spiro atoms. The summed E-state index contributed by atoms with van der Waals surface area (Å²) in [7, 11) is 1.62. The minimum Gasteiger partial charge on any atom is -0.355 e. The van der Waals surface area contributed by atoms with Crippen LogP contribution in [-0.2, 0) is 0 Å². The summed E-state index contributed by atoms with van der Waals surface area (Å²) in [6.07, 6.45) is 0. The van der Waals surface area contributed by atoms with Gasteiger partial charge in [0.2, 0.25) is 0 Å². The summed E-state index contributed by atoms with van der Waals surface area (Å²) in [5.74, 6) is 0. The van der Waals surface area contributed by atoms with Gasteiger partial charge in [-0.05, 0) is 12.1 Å². The minimum absolute atomic E-state index is 0.183. The van der Waals surface area contributed by atoms with Crippen LogP contribution in [0, 0.1) is 0 Å². The van der Waals surface area contributed by atoms with Gasteiger partial charge in [-0.25, -0.2) is 0 Å². The van der Waals surface area contributed by atoms with Gasteiger partial charge in [0.1, 0.15) is 0 Å². The van der Waals surface area contributed by atoms with Crippen LogP contribution in [0.3, 0.4) is 0 Å². The Morgan fingerprint density at radius 1 is 1.12 bits per heavy atom. The fraction of sp³-hybridized carbons (Fsp3) is 0.400. The maximum Gasteiger partial charge on any atom is 0.389 e. The standard InChI is InChI=1S/C10H9Cl2F3N2/c1-16-6-17(10(14,15)9(11,12)13)8-5-3-2-4-7(8)16/h2-5H,6H2,1H3. The van der Waals surface area contributed by atoms with Gasteiger partial charge in [-0.3, -0.25) is 4.90 Å². The SMILES string of the molecule is CN1CN(C(F)(F)C(F)(Cl)Cl)c2ccccc21. The minimum atomic E-state index is -4.00. The number of nitrogens with zero attached hydrogens (tertiary/aromatic N) is 2. The quantitative estimate of drug-likeness (QED) is 0.605. The van der Waals surface area contributed by atoms with E-state index < -0.39 is 10.6 Å². The lowest BCUT2D eigenvalue weighted by Crippen LogP contribution is -2.52. The first kappa shape index (κ1) is 12.6. The van der Waals surface area contributed by atoms with E-state index in [1.54, 1.807) is 30.1 Å². The predicted octanol–water partition coefficient (Wildman–Crippen LogP) is 3.59. The van der Waals surface area contributed by atoms with E-state index in [-0.39, 0.29) is 12.4 Å². The largest absolute Gasteiger partial charge is 0.389 e. The Labute approximate surface area is 107 Å². The molecule has 2 nitrogen and oxygen atoms in total. The molecule has 0 unspecified atom stereocenters. The highest BCUT2D eigenvalue weighted by atomic mass is 35.5. The topological polar surface area (TPSA) is 6.48 Å². The van der Waals surface area contributed by atoms with Crippen LogP contribution in [0.15, 0.2) is 24.3 Å². The average molecular weight is 285 g/mol. The molecular weight excluding hydrogens is 276 g/mol. The van der Waals surface area contributed by atoms with Gasteiger partial charge < -0.3 is 4.90 Å². The second-order valence-electron chi connectivity index (χ2n) is 3.80. The number of halogens is 5. The van der Waals surface area contributed by atoms with E-state index in [0.717, 1.165) is 0 Å². The molecule has 1 aromatic rings. The van der Waals surface area contributed by atoms with Crippen molar-refractivity contribution in [1.82, 2.24) is 0 Å². The van der Waals surface area contributed by atoms with Crippen LogP contribution in [0.4, 0.5) is 24.5 Å². The highest BCUT2D eigenvalue weighted by Crippen LogP contribution is 2.48. The zero-order valence-electron chi connectivity index (χ0n) is 8.80. The molecule has 7 heteroatoms. The third-order valence-corrected chi connectivity index (χ3v) is 3.07. The maximum absolute atomic E-state index is 13.7. The predicted molar refractivity (Wildman–Crippen MR) is 62.7 cm³/mol. The van der Waals surface area contributed by atoms with Crippen LogP contribution in [0.25, 0.3) is 0 Å². The van der Waals surface area contributed by atoms with E-state index in [4.69, 9.17) is 23.2 Å². The van der Waals surface area contributed by atoms with Crippen molar-refractivity contribution in [2.75, 3.05) is 23.5 Å². The molecule has 1 heterocycles. The van der Waals surface area contributed by atoms with Crippen molar-refractivity contribution in [3.05, 3.63) is 24.3 Å². The Morgan fingerprint density at radius 3 is 2.18 bits per heavy atom. The number of anilines is 2. The Balaban J connectivity index is 2.44. The summed E-state index contributed by atoms with van der Waals surface area (Å²) in [5.41, 5.74) is 0.771. The Kier molecular flexibility index (Phi) is 2.86. The monoisotopic (exact) mass is 284 g/mol. The molecule has 0 saturated heterocycles. The van der Waals surface area contributed by atoms with E-state index >= 15 is 0 Å². The van der Waals surface area contributed by atoms with Gasteiger partial charge in [0.25, 0.3) is 0 Å². The number of benzene rings is 1. The number of alkyl halides is 5. The molecule has 0 fully saturated rings. The van der Waals surface area contributed by atoms with Crippen molar-refractivity contribution >= 4 is 34.6 Å². The van der Waals surface area contributed by atoms with E-state index in [1.165, 1.54) is 6.07 Å². The van der Waals surface area contributed by atoms with Gasteiger partial charge in [-0.1, -0.05) is 35.3 Å². The van der Waals surface area contributed by atoms with E-state index in [9.17, 15) is 13.2 Å². The van der Waals surface area contributed by atoms with Gasteiger partial charge in [0, 0.05) is 7.05 Å². The number of para-hydroxylation sites is 2. The first-order valence-electron chi connectivity index (χ1n) is 4.77. The zero-order chi connectivity index (χ0) is 12.8. The van der Waals surface area contributed by atoms with Gasteiger partial charge in [0.15, 0.2) is 0 Å².